The summed E-state index contributed by atoms with van der Waals surface area (Å²) in [6, 6.07) is 15.7. The van der Waals surface area contributed by atoms with Crippen LogP contribution in [0.4, 0.5) is 0 Å². The number of aromatic nitrogens is 2. The van der Waals surface area contributed by atoms with Crippen LogP contribution in [0.3, 0.4) is 0 Å². The fraction of sp³-hybridized carbons (Fsp3) is 0.190. The third-order valence-corrected chi connectivity index (χ3v) is 4.06. The molecule has 0 atom stereocenters. The number of nitrogens with one attached hydrogen (secondary N) is 1. The third kappa shape index (κ3) is 4.25. The van der Waals surface area contributed by atoms with E-state index in [0.717, 1.165) is 22.4 Å². The Kier molecular flexibility index (Phi) is 5.59. The molecule has 1 heterocycles. The second-order valence-corrected chi connectivity index (χ2v) is 5.98. The van der Waals surface area contributed by atoms with Crippen LogP contribution >= 0.6 is 0 Å². The SMILES string of the molecule is COc1ccc(C)cc1CCNC(=O)c1cnc(-c2ccccc2)nc1. The highest BCUT2D eigenvalue weighted by Gasteiger charge is 2.09. The van der Waals surface area contributed by atoms with Gasteiger partial charge >= 0.3 is 0 Å². The molecule has 0 spiro atoms. The lowest BCUT2D eigenvalue weighted by Crippen LogP contribution is -2.26. The van der Waals surface area contributed by atoms with Crippen molar-refractivity contribution in [2.75, 3.05) is 13.7 Å². The summed E-state index contributed by atoms with van der Waals surface area (Å²) in [4.78, 5) is 20.8. The van der Waals surface area contributed by atoms with Gasteiger partial charge in [0.05, 0.1) is 12.7 Å². The molecule has 3 rings (SSSR count). The third-order valence-electron chi connectivity index (χ3n) is 4.06. The van der Waals surface area contributed by atoms with Crippen LogP contribution in [0.5, 0.6) is 5.75 Å². The largest absolute Gasteiger partial charge is 0.496 e. The van der Waals surface area contributed by atoms with Crippen molar-refractivity contribution in [1.29, 1.82) is 0 Å². The number of amides is 1. The van der Waals surface area contributed by atoms with Crippen molar-refractivity contribution in [1.82, 2.24) is 15.3 Å². The minimum Gasteiger partial charge on any atom is -0.496 e. The van der Waals surface area contributed by atoms with Crippen LogP contribution in [0.25, 0.3) is 11.4 Å². The summed E-state index contributed by atoms with van der Waals surface area (Å²) in [5, 5.41) is 2.90. The Bertz CT molecular complexity index is 878. The summed E-state index contributed by atoms with van der Waals surface area (Å²) >= 11 is 0. The van der Waals surface area contributed by atoms with Crippen LogP contribution in [0.15, 0.2) is 60.9 Å². The molecule has 0 aliphatic rings. The molecular formula is C21H21N3O2. The highest BCUT2D eigenvalue weighted by molar-refractivity contribution is 5.93. The molecule has 1 N–H and O–H groups in total. The Hall–Kier alpha value is -3.21. The zero-order valence-electron chi connectivity index (χ0n) is 14.9. The van der Waals surface area contributed by atoms with E-state index in [1.54, 1.807) is 19.5 Å². The quantitative estimate of drug-likeness (QED) is 0.742. The Balaban J connectivity index is 1.60. The molecule has 0 unspecified atom stereocenters. The molecule has 3 aromatic rings. The van der Waals surface area contributed by atoms with Gasteiger partial charge < -0.3 is 10.1 Å². The molecule has 0 bridgehead atoms. The fourth-order valence-corrected chi connectivity index (χ4v) is 2.70. The number of carbonyl (C=O) groups is 1. The highest BCUT2D eigenvalue weighted by atomic mass is 16.5. The van der Waals surface area contributed by atoms with Crippen molar-refractivity contribution < 1.29 is 9.53 Å². The molecule has 0 saturated carbocycles. The lowest BCUT2D eigenvalue weighted by molar-refractivity contribution is 0.0953. The number of carbonyl (C=O) groups excluding carboxylic acids is 1. The van der Waals surface area contributed by atoms with Crippen LogP contribution in [-0.2, 0) is 6.42 Å². The fourth-order valence-electron chi connectivity index (χ4n) is 2.70. The lowest BCUT2D eigenvalue weighted by Gasteiger charge is -2.10. The monoisotopic (exact) mass is 347 g/mol. The number of nitrogens with zero attached hydrogens (tertiary/aromatic N) is 2. The molecule has 26 heavy (non-hydrogen) atoms. The number of rotatable bonds is 6. The first-order chi connectivity index (χ1) is 12.7. The maximum atomic E-state index is 12.3. The van der Waals surface area contributed by atoms with Crippen LogP contribution in [-0.4, -0.2) is 29.5 Å². The van der Waals surface area contributed by atoms with Gasteiger partial charge in [0.15, 0.2) is 5.82 Å². The number of aryl methyl sites for hydroxylation is 1. The standard InChI is InChI=1S/C21H21N3O2/c1-15-8-9-19(26-2)17(12-15)10-11-22-21(25)18-13-23-20(24-14-18)16-6-4-3-5-7-16/h3-9,12-14H,10-11H2,1-2H3,(H,22,25). The second-order valence-electron chi connectivity index (χ2n) is 5.98. The van der Waals surface area contributed by atoms with Gasteiger partial charge in [-0.15, -0.1) is 0 Å². The smallest absolute Gasteiger partial charge is 0.254 e. The Morgan fingerprint density at radius 2 is 1.81 bits per heavy atom. The van der Waals surface area contributed by atoms with E-state index in [0.29, 0.717) is 24.4 Å². The van der Waals surface area contributed by atoms with Crippen LogP contribution in [0.1, 0.15) is 21.5 Å². The number of benzene rings is 2. The molecule has 0 aliphatic carbocycles. The number of methoxy groups -OCH3 is 1. The Morgan fingerprint density at radius 3 is 2.50 bits per heavy atom. The van der Waals surface area contributed by atoms with E-state index < -0.39 is 0 Å². The predicted octanol–water partition coefficient (Wildman–Crippen LogP) is 3.43. The number of hydrogen-bond acceptors (Lipinski definition) is 4. The summed E-state index contributed by atoms with van der Waals surface area (Å²) in [6.45, 7) is 2.55. The predicted molar refractivity (Wildman–Crippen MR) is 101 cm³/mol. The van der Waals surface area contributed by atoms with Crippen molar-refractivity contribution >= 4 is 5.91 Å². The molecule has 0 fully saturated rings. The van der Waals surface area contributed by atoms with Crippen LogP contribution in [0.2, 0.25) is 0 Å². The van der Waals surface area contributed by atoms with Gasteiger partial charge in [0, 0.05) is 24.5 Å². The highest BCUT2D eigenvalue weighted by Crippen LogP contribution is 2.19. The van der Waals surface area contributed by atoms with E-state index in [-0.39, 0.29) is 5.91 Å². The normalized spacial score (nSPS) is 10.4. The topological polar surface area (TPSA) is 64.1 Å². The van der Waals surface area contributed by atoms with Crippen molar-refractivity contribution in [2.24, 2.45) is 0 Å². The van der Waals surface area contributed by atoms with Gasteiger partial charge in [-0.3, -0.25) is 4.79 Å². The molecular weight excluding hydrogens is 326 g/mol. The van der Waals surface area contributed by atoms with E-state index in [2.05, 4.69) is 21.4 Å². The minimum absolute atomic E-state index is 0.184. The first-order valence-electron chi connectivity index (χ1n) is 8.46. The van der Waals surface area contributed by atoms with Gasteiger partial charge in [0.1, 0.15) is 5.75 Å². The molecule has 0 saturated heterocycles. The zero-order chi connectivity index (χ0) is 18.4. The summed E-state index contributed by atoms with van der Waals surface area (Å²) < 4.78 is 5.36. The molecule has 5 nitrogen and oxygen atoms in total. The van der Waals surface area contributed by atoms with Crippen LogP contribution < -0.4 is 10.1 Å². The Labute approximate surface area is 153 Å². The number of hydrogen-bond donors (Lipinski definition) is 1. The molecule has 5 heteroatoms. The van der Waals surface area contributed by atoms with Gasteiger partial charge in [0.25, 0.3) is 5.91 Å². The first kappa shape index (κ1) is 17.6. The van der Waals surface area contributed by atoms with Gasteiger partial charge in [-0.05, 0) is 25.0 Å². The van der Waals surface area contributed by atoms with Crippen molar-refractivity contribution in [2.45, 2.75) is 13.3 Å². The molecule has 0 aliphatic heterocycles. The molecule has 2 aromatic carbocycles. The van der Waals surface area contributed by atoms with E-state index in [9.17, 15) is 4.79 Å². The van der Waals surface area contributed by atoms with Crippen molar-refractivity contribution in [3.63, 3.8) is 0 Å². The summed E-state index contributed by atoms with van der Waals surface area (Å²) in [7, 11) is 1.65. The van der Waals surface area contributed by atoms with Crippen LogP contribution in [0, 0.1) is 6.92 Å². The lowest BCUT2D eigenvalue weighted by atomic mass is 10.1. The second kappa shape index (κ2) is 8.25. The summed E-state index contributed by atoms with van der Waals surface area (Å²) in [5.74, 6) is 1.25. The zero-order valence-corrected chi connectivity index (χ0v) is 14.9. The van der Waals surface area contributed by atoms with Gasteiger partial charge in [-0.1, -0.05) is 48.0 Å². The van der Waals surface area contributed by atoms with E-state index in [1.165, 1.54) is 0 Å². The minimum atomic E-state index is -0.184. The molecule has 0 radical (unpaired) electrons. The number of ether oxygens (including phenoxy) is 1. The molecule has 1 amide bonds. The van der Waals surface area contributed by atoms with E-state index in [1.807, 2.05) is 49.4 Å². The average molecular weight is 347 g/mol. The van der Waals surface area contributed by atoms with Crippen molar-refractivity contribution in [3.8, 4) is 17.1 Å². The molecule has 132 valence electrons. The van der Waals surface area contributed by atoms with E-state index in [4.69, 9.17) is 4.74 Å². The summed E-state index contributed by atoms with van der Waals surface area (Å²) in [6.07, 6.45) is 3.80. The van der Waals surface area contributed by atoms with Crippen molar-refractivity contribution in [3.05, 3.63) is 77.6 Å². The maximum absolute atomic E-state index is 12.3. The van der Waals surface area contributed by atoms with Gasteiger partial charge in [-0.2, -0.15) is 0 Å². The molecule has 1 aromatic heterocycles. The average Bonchev–Trinajstić information content (AvgIpc) is 2.69. The Morgan fingerprint density at radius 1 is 1.08 bits per heavy atom. The van der Waals surface area contributed by atoms with Gasteiger partial charge in [-0.25, -0.2) is 9.97 Å². The first-order valence-corrected chi connectivity index (χ1v) is 8.46. The maximum Gasteiger partial charge on any atom is 0.254 e. The van der Waals surface area contributed by atoms with Gasteiger partial charge in [0.2, 0.25) is 0 Å². The summed E-state index contributed by atoms with van der Waals surface area (Å²) in [5.41, 5.74) is 3.60. The van der Waals surface area contributed by atoms with E-state index >= 15 is 0 Å².